The predicted molar refractivity (Wildman–Crippen MR) is 69.6 cm³/mol. The van der Waals surface area contributed by atoms with E-state index in [0.29, 0.717) is 12.2 Å². The minimum atomic E-state index is -3.68. The second-order valence-corrected chi connectivity index (χ2v) is 5.48. The summed E-state index contributed by atoms with van der Waals surface area (Å²) in [4.78, 5) is -0.00629. The normalized spacial score (nSPS) is 11.4. The highest BCUT2D eigenvalue weighted by Gasteiger charge is 2.26. The second-order valence-electron chi connectivity index (χ2n) is 3.65. The number of nitrogens with one attached hydrogen (secondary N) is 1. The van der Waals surface area contributed by atoms with Crippen LogP contribution < -0.4 is 10.0 Å². The molecular formula is C11H14N4O2S. The van der Waals surface area contributed by atoms with Crippen molar-refractivity contribution >= 4 is 21.5 Å². The lowest BCUT2D eigenvalue weighted by molar-refractivity contribution is 0.592. The van der Waals surface area contributed by atoms with E-state index in [1.807, 2.05) is 6.07 Å². The Labute approximate surface area is 105 Å². The first-order valence-electron chi connectivity index (χ1n) is 5.44. The molecule has 96 valence electrons. The van der Waals surface area contributed by atoms with Gasteiger partial charge in [0.15, 0.2) is 0 Å². The smallest absolute Gasteiger partial charge is 0.269 e. The molecule has 0 fully saturated rings. The van der Waals surface area contributed by atoms with Crippen LogP contribution in [0.5, 0.6) is 0 Å². The summed E-state index contributed by atoms with van der Waals surface area (Å²) in [5.41, 5.74) is 6.17. The van der Waals surface area contributed by atoms with Gasteiger partial charge in [0.05, 0.1) is 11.9 Å². The highest BCUT2D eigenvalue weighted by Crippen LogP contribution is 2.25. The van der Waals surface area contributed by atoms with Crippen LogP contribution in [-0.4, -0.2) is 25.2 Å². The van der Waals surface area contributed by atoms with Gasteiger partial charge in [0.1, 0.15) is 10.7 Å². The Hall–Kier alpha value is -2.02. The first-order chi connectivity index (χ1) is 8.57. The van der Waals surface area contributed by atoms with Gasteiger partial charge in [-0.2, -0.15) is 5.10 Å². The summed E-state index contributed by atoms with van der Waals surface area (Å²) >= 11 is 0. The Morgan fingerprint density at radius 3 is 2.50 bits per heavy atom. The summed E-state index contributed by atoms with van der Waals surface area (Å²) < 4.78 is 26.1. The van der Waals surface area contributed by atoms with Crippen molar-refractivity contribution in [1.29, 1.82) is 0 Å². The molecular weight excluding hydrogens is 252 g/mol. The fourth-order valence-electron chi connectivity index (χ4n) is 1.69. The molecule has 0 amide bonds. The van der Waals surface area contributed by atoms with Crippen molar-refractivity contribution < 1.29 is 8.42 Å². The first kappa shape index (κ1) is 12.4. The topological polar surface area (TPSA) is 92.1 Å². The number of nitrogens with zero attached hydrogens (tertiary/aromatic N) is 2. The molecule has 2 aromatic rings. The largest absolute Gasteiger partial charge is 0.383 e. The van der Waals surface area contributed by atoms with E-state index in [4.69, 9.17) is 5.73 Å². The zero-order valence-corrected chi connectivity index (χ0v) is 10.7. The number of benzene rings is 1. The molecule has 1 aromatic carbocycles. The number of nitrogen functional groups attached to an aromatic ring is 1. The molecule has 0 saturated heterocycles. The Morgan fingerprint density at radius 2 is 2.00 bits per heavy atom. The molecule has 0 aliphatic heterocycles. The summed E-state index contributed by atoms with van der Waals surface area (Å²) in [7, 11) is -3.68. The molecule has 0 radical (unpaired) electrons. The van der Waals surface area contributed by atoms with Crippen molar-refractivity contribution in [3.05, 3.63) is 36.5 Å². The minimum absolute atomic E-state index is 0.00629. The molecule has 2 rings (SSSR count). The van der Waals surface area contributed by atoms with Gasteiger partial charge in [-0.1, -0.05) is 18.2 Å². The third-order valence-electron chi connectivity index (χ3n) is 2.53. The predicted octanol–water partition coefficient (Wildman–Crippen LogP) is 1.21. The minimum Gasteiger partial charge on any atom is -0.383 e. The number of hydrogen-bond donors (Lipinski definition) is 2. The number of H-pyrrole nitrogens is 1. The summed E-state index contributed by atoms with van der Waals surface area (Å²) in [5, 5.41) is 6.07. The van der Waals surface area contributed by atoms with Crippen molar-refractivity contribution in [3.8, 4) is 0 Å². The van der Waals surface area contributed by atoms with E-state index in [-0.39, 0.29) is 10.7 Å². The summed E-state index contributed by atoms with van der Waals surface area (Å²) in [5.74, 6) is 0.0457. The molecule has 6 nitrogen and oxygen atoms in total. The lowest BCUT2D eigenvalue weighted by Gasteiger charge is -2.22. The zero-order valence-electron chi connectivity index (χ0n) is 9.87. The molecule has 0 aliphatic carbocycles. The molecule has 0 bridgehead atoms. The molecule has 0 atom stereocenters. The summed E-state index contributed by atoms with van der Waals surface area (Å²) in [6.07, 6.45) is 1.22. The van der Waals surface area contributed by atoms with Crippen molar-refractivity contribution in [1.82, 2.24) is 10.2 Å². The molecule has 0 saturated carbocycles. The Kier molecular flexibility index (Phi) is 3.24. The SMILES string of the molecule is CCN(c1ccccc1)S(=O)(=O)c1cn[nH]c1N. The Bertz CT molecular complexity index is 622. The van der Waals surface area contributed by atoms with Crippen LogP contribution in [0.3, 0.4) is 0 Å². The Balaban J connectivity index is 2.49. The molecule has 3 N–H and O–H groups in total. The lowest BCUT2D eigenvalue weighted by atomic mass is 10.3. The van der Waals surface area contributed by atoms with E-state index in [9.17, 15) is 8.42 Å². The van der Waals surface area contributed by atoms with Crippen LogP contribution in [0.2, 0.25) is 0 Å². The van der Waals surface area contributed by atoms with Gasteiger partial charge in [0.25, 0.3) is 10.0 Å². The average molecular weight is 266 g/mol. The van der Waals surface area contributed by atoms with Crippen LogP contribution in [0.1, 0.15) is 6.92 Å². The number of aromatic amines is 1. The number of rotatable bonds is 4. The third kappa shape index (κ3) is 2.04. The maximum Gasteiger partial charge on any atom is 0.269 e. The number of sulfonamides is 1. The fourth-order valence-corrected chi connectivity index (χ4v) is 3.18. The maximum absolute atomic E-state index is 12.4. The van der Waals surface area contributed by atoms with Gasteiger partial charge in [-0.05, 0) is 19.1 Å². The number of aromatic nitrogens is 2. The lowest BCUT2D eigenvalue weighted by Crippen LogP contribution is -2.30. The second kappa shape index (κ2) is 4.69. The van der Waals surface area contributed by atoms with Gasteiger partial charge in [0, 0.05) is 6.54 Å². The van der Waals surface area contributed by atoms with Gasteiger partial charge >= 0.3 is 0 Å². The standard InChI is InChI=1S/C11H14N4O2S/c1-2-15(9-6-4-3-5-7-9)18(16,17)10-8-13-14-11(10)12/h3-8H,2H2,1H3,(H3,12,13,14). The Morgan fingerprint density at radius 1 is 1.33 bits per heavy atom. The van der Waals surface area contributed by atoms with Gasteiger partial charge < -0.3 is 5.73 Å². The van der Waals surface area contributed by atoms with E-state index in [0.717, 1.165) is 0 Å². The average Bonchev–Trinajstić information content (AvgIpc) is 2.78. The van der Waals surface area contributed by atoms with Crippen molar-refractivity contribution in [2.24, 2.45) is 0 Å². The monoisotopic (exact) mass is 266 g/mol. The maximum atomic E-state index is 12.4. The third-order valence-corrected chi connectivity index (χ3v) is 4.46. The number of hydrogen-bond acceptors (Lipinski definition) is 4. The first-order valence-corrected chi connectivity index (χ1v) is 6.88. The van der Waals surface area contributed by atoms with E-state index in [2.05, 4.69) is 10.2 Å². The van der Waals surface area contributed by atoms with E-state index < -0.39 is 10.0 Å². The molecule has 18 heavy (non-hydrogen) atoms. The van der Waals surface area contributed by atoms with Crippen LogP contribution in [0.15, 0.2) is 41.4 Å². The number of anilines is 2. The molecule has 7 heteroatoms. The van der Waals surface area contributed by atoms with E-state index in [1.165, 1.54) is 10.5 Å². The van der Waals surface area contributed by atoms with Crippen LogP contribution in [-0.2, 0) is 10.0 Å². The van der Waals surface area contributed by atoms with Crippen molar-refractivity contribution in [2.75, 3.05) is 16.6 Å². The van der Waals surface area contributed by atoms with E-state index >= 15 is 0 Å². The van der Waals surface area contributed by atoms with Gasteiger partial charge in [-0.25, -0.2) is 8.42 Å². The molecule has 0 unspecified atom stereocenters. The quantitative estimate of drug-likeness (QED) is 0.870. The molecule has 0 spiro atoms. The molecule has 0 aliphatic rings. The van der Waals surface area contributed by atoms with Crippen molar-refractivity contribution in [3.63, 3.8) is 0 Å². The number of para-hydroxylation sites is 1. The molecule has 1 aromatic heterocycles. The van der Waals surface area contributed by atoms with Crippen LogP contribution >= 0.6 is 0 Å². The molecule has 1 heterocycles. The highest BCUT2D eigenvalue weighted by atomic mass is 32.2. The van der Waals surface area contributed by atoms with Crippen LogP contribution in [0.25, 0.3) is 0 Å². The van der Waals surface area contributed by atoms with Gasteiger partial charge in [0.2, 0.25) is 0 Å². The number of nitrogens with two attached hydrogens (primary N) is 1. The zero-order chi connectivity index (χ0) is 13.2. The van der Waals surface area contributed by atoms with Crippen molar-refractivity contribution in [2.45, 2.75) is 11.8 Å². The van der Waals surface area contributed by atoms with Gasteiger partial charge in [-0.3, -0.25) is 9.40 Å². The highest BCUT2D eigenvalue weighted by molar-refractivity contribution is 7.93. The van der Waals surface area contributed by atoms with E-state index in [1.54, 1.807) is 31.2 Å². The summed E-state index contributed by atoms with van der Waals surface area (Å²) in [6, 6.07) is 8.86. The fraction of sp³-hybridized carbons (Fsp3) is 0.182. The summed E-state index contributed by atoms with van der Waals surface area (Å²) in [6.45, 7) is 2.08. The van der Waals surface area contributed by atoms with Crippen LogP contribution in [0, 0.1) is 0 Å². The van der Waals surface area contributed by atoms with Crippen LogP contribution in [0.4, 0.5) is 11.5 Å². The van der Waals surface area contributed by atoms with Gasteiger partial charge in [-0.15, -0.1) is 0 Å².